The summed E-state index contributed by atoms with van der Waals surface area (Å²) in [5.74, 6) is 5.59. The third kappa shape index (κ3) is 8.61. The average Bonchev–Trinajstić information content (AvgIpc) is 3.37. The molecular formula is C42H68N2O4. The van der Waals surface area contributed by atoms with Crippen molar-refractivity contribution in [1.82, 2.24) is 10.6 Å². The third-order valence-electron chi connectivity index (χ3n) is 13.6. The van der Waals surface area contributed by atoms with Gasteiger partial charge in [-0.05, 0) is 136 Å². The number of carbonyl (C=O) groups excluding carboxylic acids is 2. The van der Waals surface area contributed by atoms with Gasteiger partial charge in [0.2, 0.25) is 5.91 Å². The zero-order chi connectivity index (χ0) is 34.7. The third-order valence-corrected chi connectivity index (χ3v) is 13.6. The topological polar surface area (TPSA) is 76.7 Å². The summed E-state index contributed by atoms with van der Waals surface area (Å²) in [6.07, 6.45) is 15.1. The van der Waals surface area contributed by atoms with Gasteiger partial charge in [-0.15, -0.1) is 0 Å². The van der Waals surface area contributed by atoms with E-state index in [1.54, 1.807) is 0 Å². The maximum atomic E-state index is 13.7. The Hall–Kier alpha value is -2.08. The van der Waals surface area contributed by atoms with Crippen molar-refractivity contribution in [3.05, 3.63) is 35.9 Å². The zero-order valence-corrected chi connectivity index (χ0v) is 31.6. The summed E-state index contributed by atoms with van der Waals surface area (Å²) in [7, 11) is 0. The predicted molar refractivity (Wildman–Crippen MR) is 194 cm³/mol. The highest BCUT2D eigenvalue weighted by Crippen LogP contribution is 2.68. The van der Waals surface area contributed by atoms with Crippen molar-refractivity contribution in [2.45, 2.75) is 157 Å². The molecule has 0 aliphatic heterocycles. The standard InChI is InChI=1S/C42H68N2O4/c1-28(2)13-12-14-29(3)34-19-20-35-33-18-17-31-25-32(21-23-41(31,7)36(33)22-24-42(34,35)8)43-38(45)37(44-39(46)48-40(4,5)6)27-47-26-30-15-10-9-11-16-30/h9-11,15-16,28-29,31-37H,12-14,17-27H2,1-8H3,(H,43,45)(H,44,46)/t29-,31?,32-,33+,34-,35+,36+,37+,41+,42-/m1/s1. The molecule has 2 amide bonds. The van der Waals surface area contributed by atoms with Gasteiger partial charge in [-0.1, -0.05) is 84.2 Å². The molecule has 1 aromatic rings. The molecule has 0 heterocycles. The summed E-state index contributed by atoms with van der Waals surface area (Å²) in [4.78, 5) is 26.4. The number of alkyl carbamates (subject to hydrolysis) is 1. The summed E-state index contributed by atoms with van der Waals surface area (Å²) in [6.45, 7) is 18.6. The fourth-order valence-corrected chi connectivity index (χ4v) is 11.2. The molecule has 6 heteroatoms. The van der Waals surface area contributed by atoms with Crippen LogP contribution in [0.1, 0.15) is 138 Å². The summed E-state index contributed by atoms with van der Waals surface area (Å²) in [6, 6.07) is 9.22. The number of hydrogen-bond donors (Lipinski definition) is 2. The summed E-state index contributed by atoms with van der Waals surface area (Å²) >= 11 is 0. The Morgan fingerprint density at radius 2 is 1.60 bits per heavy atom. The lowest BCUT2D eigenvalue weighted by Gasteiger charge is -2.61. The van der Waals surface area contributed by atoms with Crippen LogP contribution in [0.4, 0.5) is 4.79 Å². The van der Waals surface area contributed by atoms with Gasteiger partial charge in [-0.25, -0.2) is 4.79 Å². The molecule has 4 fully saturated rings. The minimum atomic E-state index is -0.813. The first-order valence-corrected chi connectivity index (χ1v) is 19.6. The van der Waals surface area contributed by atoms with Gasteiger partial charge < -0.3 is 20.1 Å². The predicted octanol–water partition coefficient (Wildman–Crippen LogP) is 9.70. The molecule has 0 spiro atoms. The highest BCUT2D eigenvalue weighted by Gasteiger charge is 2.60. The molecule has 10 atom stereocenters. The van der Waals surface area contributed by atoms with Crippen LogP contribution < -0.4 is 10.6 Å². The van der Waals surface area contributed by atoms with Gasteiger partial charge in [0.15, 0.2) is 0 Å². The molecular weight excluding hydrogens is 596 g/mol. The second-order valence-electron chi connectivity index (χ2n) is 18.4. The summed E-state index contributed by atoms with van der Waals surface area (Å²) < 4.78 is 11.5. The maximum Gasteiger partial charge on any atom is 0.408 e. The molecule has 0 aromatic heterocycles. The second-order valence-corrected chi connectivity index (χ2v) is 18.4. The van der Waals surface area contributed by atoms with Gasteiger partial charge in [0.05, 0.1) is 13.2 Å². The Balaban J connectivity index is 1.18. The molecule has 5 rings (SSSR count). The number of hydrogen-bond acceptors (Lipinski definition) is 4. The number of benzene rings is 1. The molecule has 4 saturated carbocycles. The molecule has 0 saturated heterocycles. The van der Waals surface area contributed by atoms with Crippen LogP contribution in [0.2, 0.25) is 0 Å². The first-order valence-electron chi connectivity index (χ1n) is 19.6. The average molecular weight is 665 g/mol. The molecule has 270 valence electrons. The van der Waals surface area contributed by atoms with Crippen molar-refractivity contribution in [2.24, 2.45) is 52.3 Å². The van der Waals surface area contributed by atoms with E-state index < -0.39 is 17.7 Å². The van der Waals surface area contributed by atoms with Crippen molar-refractivity contribution in [3.63, 3.8) is 0 Å². The Bertz CT molecular complexity index is 1210. The van der Waals surface area contributed by atoms with Crippen LogP contribution in [0.5, 0.6) is 0 Å². The Kier molecular flexibility index (Phi) is 12.0. The lowest BCUT2D eigenvalue weighted by Crippen LogP contribution is -2.57. The summed E-state index contributed by atoms with van der Waals surface area (Å²) in [5.41, 5.74) is 1.26. The van der Waals surface area contributed by atoms with Crippen LogP contribution in [0.15, 0.2) is 30.3 Å². The number of rotatable bonds is 12. The van der Waals surface area contributed by atoms with Crippen LogP contribution in [0.3, 0.4) is 0 Å². The van der Waals surface area contributed by atoms with E-state index in [9.17, 15) is 9.59 Å². The molecule has 1 unspecified atom stereocenters. The number of amides is 2. The highest BCUT2D eigenvalue weighted by molar-refractivity contribution is 5.86. The molecule has 48 heavy (non-hydrogen) atoms. The van der Waals surface area contributed by atoms with E-state index in [0.717, 1.165) is 53.9 Å². The van der Waals surface area contributed by atoms with Crippen LogP contribution in [-0.4, -0.2) is 36.3 Å². The van der Waals surface area contributed by atoms with E-state index in [4.69, 9.17) is 9.47 Å². The number of fused-ring (bicyclic) bond motifs is 5. The SMILES string of the molecule is CC(C)CCC[C@@H](C)[C@H]1CC[C@H]2[C@@H]3CCC4C[C@H](NC(=O)[C@H](COCc5ccccc5)NC(=O)OC(C)(C)C)CC[C@]4(C)[C@H]3CC[C@]12C. The zero-order valence-electron chi connectivity index (χ0n) is 31.6. The van der Waals surface area contributed by atoms with E-state index in [-0.39, 0.29) is 18.6 Å². The number of nitrogens with one attached hydrogen (secondary N) is 2. The number of ether oxygens (including phenoxy) is 2. The van der Waals surface area contributed by atoms with Gasteiger partial charge in [-0.2, -0.15) is 0 Å². The Morgan fingerprint density at radius 1 is 0.896 bits per heavy atom. The number of carbonyl (C=O) groups is 2. The van der Waals surface area contributed by atoms with E-state index in [0.29, 0.717) is 23.4 Å². The maximum absolute atomic E-state index is 13.7. The lowest BCUT2D eigenvalue weighted by molar-refractivity contribution is -0.130. The van der Waals surface area contributed by atoms with Crippen molar-refractivity contribution >= 4 is 12.0 Å². The fraction of sp³-hybridized carbons (Fsp3) is 0.810. The minimum absolute atomic E-state index is 0.0923. The highest BCUT2D eigenvalue weighted by atomic mass is 16.6. The first-order chi connectivity index (χ1) is 22.7. The smallest absolute Gasteiger partial charge is 0.408 e. The second kappa shape index (κ2) is 15.4. The molecule has 0 radical (unpaired) electrons. The van der Waals surface area contributed by atoms with Gasteiger partial charge >= 0.3 is 6.09 Å². The molecule has 4 aliphatic carbocycles. The van der Waals surface area contributed by atoms with Gasteiger partial charge in [0, 0.05) is 6.04 Å². The monoisotopic (exact) mass is 665 g/mol. The van der Waals surface area contributed by atoms with Crippen LogP contribution in [0.25, 0.3) is 0 Å². The van der Waals surface area contributed by atoms with Crippen molar-refractivity contribution in [3.8, 4) is 0 Å². The van der Waals surface area contributed by atoms with E-state index >= 15 is 0 Å². The van der Waals surface area contributed by atoms with E-state index in [2.05, 4.69) is 45.3 Å². The Morgan fingerprint density at radius 3 is 2.31 bits per heavy atom. The minimum Gasteiger partial charge on any atom is -0.444 e. The van der Waals surface area contributed by atoms with E-state index in [1.165, 1.54) is 64.2 Å². The largest absolute Gasteiger partial charge is 0.444 e. The van der Waals surface area contributed by atoms with Gasteiger partial charge in [0.1, 0.15) is 11.6 Å². The summed E-state index contributed by atoms with van der Waals surface area (Å²) in [5, 5.41) is 6.16. The van der Waals surface area contributed by atoms with Crippen molar-refractivity contribution < 1.29 is 19.1 Å². The normalized spacial score (nSPS) is 34.4. The van der Waals surface area contributed by atoms with Crippen molar-refractivity contribution in [1.29, 1.82) is 0 Å². The van der Waals surface area contributed by atoms with E-state index in [1.807, 2.05) is 51.1 Å². The lowest BCUT2D eigenvalue weighted by atomic mass is 9.44. The molecule has 6 nitrogen and oxygen atoms in total. The first kappa shape index (κ1) is 37.2. The van der Waals surface area contributed by atoms with Crippen molar-refractivity contribution in [2.75, 3.05) is 6.61 Å². The quantitative estimate of drug-likeness (QED) is 0.233. The van der Waals surface area contributed by atoms with Gasteiger partial charge in [-0.3, -0.25) is 4.79 Å². The van der Waals surface area contributed by atoms with Crippen LogP contribution >= 0.6 is 0 Å². The van der Waals surface area contributed by atoms with Crippen LogP contribution in [-0.2, 0) is 20.9 Å². The molecule has 0 bridgehead atoms. The molecule has 2 N–H and O–H groups in total. The molecule has 1 aromatic carbocycles. The van der Waals surface area contributed by atoms with Crippen LogP contribution in [0, 0.1) is 52.3 Å². The van der Waals surface area contributed by atoms with Gasteiger partial charge in [0.25, 0.3) is 0 Å². The molecule has 4 aliphatic rings. The Labute approximate surface area is 292 Å². The fourth-order valence-electron chi connectivity index (χ4n) is 11.2.